The van der Waals surface area contributed by atoms with E-state index in [1.807, 2.05) is 25.4 Å². The van der Waals surface area contributed by atoms with Gasteiger partial charge in [0.2, 0.25) is 6.79 Å². The first kappa shape index (κ1) is 24.5. The third-order valence-electron chi connectivity index (χ3n) is 5.13. The fourth-order valence-corrected chi connectivity index (χ4v) is 3.24. The number of alkyl halides is 3. The van der Waals surface area contributed by atoms with E-state index < -0.39 is 12.1 Å². The minimum Gasteiger partial charge on any atom is -0.475 e. The molecule has 1 atom stereocenters. The highest BCUT2D eigenvalue weighted by Crippen LogP contribution is 2.34. The second kappa shape index (κ2) is 10.7. The first-order valence-electron chi connectivity index (χ1n) is 10.2. The molecular weight excluding hydrogens is 445 g/mol. The predicted molar refractivity (Wildman–Crippen MR) is 111 cm³/mol. The Labute approximate surface area is 188 Å². The number of morpholine rings is 1. The molecule has 33 heavy (non-hydrogen) atoms. The van der Waals surface area contributed by atoms with Crippen molar-refractivity contribution in [3.8, 4) is 11.5 Å². The molecule has 0 aliphatic carbocycles. The Kier molecular flexibility index (Phi) is 7.92. The number of aliphatic carboxylic acids is 1. The van der Waals surface area contributed by atoms with Crippen LogP contribution in [0.1, 0.15) is 24.4 Å². The molecule has 1 saturated heterocycles. The molecule has 1 fully saturated rings. The Bertz CT molecular complexity index is 960. The minimum atomic E-state index is -5.08. The van der Waals surface area contributed by atoms with Gasteiger partial charge < -0.3 is 24.2 Å². The van der Waals surface area contributed by atoms with Gasteiger partial charge in [-0.2, -0.15) is 13.2 Å². The number of benzene rings is 1. The van der Waals surface area contributed by atoms with Crippen LogP contribution in [0.4, 0.5) is 19.0 Å². The Morgan fingerprint density at radius 3 is 2.70 bits per heavy atom. The summed E-state index contributed by atoms with van der Waals surface area (Å²) in [4.78, 5) is 22.7. The van der Waals surface area contributed by atoms with Crippen LogP contribution in [-0.4, -0.2) is 72.3 Å². The molecule has 3 heterocycles. The quantitative estimate of drug-likeness (QED) is 0.708. The van der Waals surface area contributed by atoms with Gasteiger partial charge in [-0.25, -0.2) is 14.8 Å². The summed E-state index contributed by atoms with van der Waals surface area (Å²) in [5.41, 5.74) is 1.18. The number of hydrogen-bond acceptors (Lipinski definition) is 8. The number of hydrogen-bond donors (Lipinski definition) is 1. The topological polar surface area (TPSA) is 97.3 Å². The molecule has 2 aliphatic heterocycles. The zero-order chi connectivity index (χ0) is 24.0. The molecule has 9 nitrogen and oxygen atoms in total. The summed E-state index contributed by atoms with van der Waals surface area (Å²) in [6.07, 6.45) is -3.25. The summed E-state index contributed by atoms with van der Waals surface area (Å²) in [7, 11) is 2.04. The first-order chi connectivity index (χ1) is 15.7. The van der Waals surface area contributed by atoms with Gasteiger partial charge in [-0.05, 0) is 30.7 Å². The summed E-state index contributed by atoms with van der Waals surface area (Å²) in [6, 6.07) is 8.10. The summed E-state index contributed by atoms with van der Waals surface area (Å²) in [5.74, 6) is 0.614. The van der Waals surface area contributed by atoms with Crippen molar-refractivity contribution in [3.05, 3.63) is 41.9 Å². The van der Waals surface area contributed by atoms with E-state index in [1.165, 1.54) is 5.56 Å². The molecule has 1 aromatic carbocycles. The molecule has 4 rings (SSSR count). The smallest absolute Gasteiger partial charge is 0.475 e. The fraction of sp³-hybridized carbons (Fsp3) is 0.476. The number of fused-ring (bicyclic) bond motifs is 1. The second-order valence-corrected chi connectivity index (χ2v) is 7.34. The van der Waals surface area contributed by atoms with Crippen LogP contribution >= 0.6 is 0 Å². The van der Waals surface area contributed by atoms with Gasteiger partial charge in [0.1, 0.15) is 11.6 Å². The van der Waals surface area contributed by atoms with E-state index in [1.54, 1.807) is 0 Å². The van der Waals surface area contributed by atoms with Crippen molar-refractivity contribution in [2.75, 3.05) is 45.0 Å². The van der Waals surface area contributed by atoms with Crippen LogP contribution in [0.5, 0.6) is 11.5 Å². The lowest BCUT2D eigenvalue weighted by Crippen LogP contribution is -2.40. The third-order valence-corrected chi connectivity index (χ3v) is 5.13. The van der Waals surface area contributed by atoms with Crippen LogP contribution in [0.3, 0.4) is 0 Å². The highest BCUT2D eigenvalue weighted by Gasteiger charge is 2.38. The van der Waals surface area contributed by atoms with Gasteiger partial charge in [0.05, 0.1) is 19.3 Å². The third kappa shape index (κ3) is 6.45. The molecule has 1 unspecified atom stereocenters. The highest BCUT2D eigenvalue weighted by molar-refractivity contribution is 5.73. The molecule has 0 spiro atoms. The van der Waals surface area contributed by atoms with Crippen LogP contribution in [0.2, 0.25) is 0 Å². The number of aromatic nitrogens is 2. The maximum atomic E-state index is 10.6. The number of ether oxygens (including phenoxy) is 3. The Hall–Kier alpha value is -3.12. The molecule has 0 saturated carbocycles. The molecule has 1 N–H and O–H groups in total. The molecule has 2 aliphatic rings. The SMILES string of the molecule is CCN(C)c1ccnc(C2COCCN2Cc2ccc3c(c2)OCO3)n1.O=C(O)C(F)(F)F. The van der Waals surface area contributed by atoms with Crippen LogP contribution in [0.25, 0.3) is 0 Å². The van der Waals surface area contributed by atoms with Gasteiger partial charge in [0.15, 0.2) is 11.5 Å². The standard InChI is InChI=1S/C19H24N4O3.C2HF3O2/c1-3-22(2)18-6-7-20-19(21-18)15-12-24-9-8-23(15)11-14-4-5-16-17(10-14)26-13-25-16;3-2(4,5)1(6)7/h4-7,10,15H,3,8-9,11-13H2,1-2H3;(H,6,7). The van der Waals surface area contributed by atoms with E-state index in [9.17, 15) is 13.2 Å². The summed E-state index contributed by atoms with van der Waals surface area (Å²) in [6.45, 7) is 6.26. The van der Waals surface area contributed by atoms with Crippen LogP contribution < -0.4 is 14.4 Å². The Balaban J connectivity index is 0.000000383. The van der Waals surface area contributed by atoms with Crippen molar-refractivity contribution >= 4 is 11.8 Å². The van der Waals surface area contributed by atoms with E-state index in [0.29, 0.717) is 13.4 Å². The van der Waals surface area contributed by atoms with Crippen molar-refractivity contribution in [2.45, 2.75) is 25.7 Å². The molecule has 12 heteroatoms. The number of anilines is 1. The summed E-state index contributed by atoms with van der Waals surface area (Å²) in [5, 5.41) is 7.12. The minimum absolute atomic E-state index is 0.0411. The van der Waals surface area contributed by atoms with E-state index in [0.717, 1.165) is 49.4 Å². The number of carbonyl (C=O) groups is 1. The summed E-state index contributed by atoms with van der Waals surface area (Å²) < 4.78 is 48.4. The average molecular weight is 470 g/mol. The van der Waals surface area contributed by atoms with E-state index in [4.69, 9.17) is 29.1 Å². The lowest BCUT2D eigenvalue weighted by Gasteiger charge is -2.34. The molecule has 180 valence electrons. The molecule has 0 amide bonds. The zero-order valence-corrected chi connectivity index (χ0v) is 18.2. The number of carboxylic acid groups (broad SMARTS) is 1. The van der Waals surface area contributed by atoms with E-state index in [2.05, 4.69) is 33.8 Å². The molecule has 2 aromatic rings. The van der Waals surface area contributed by atoms with Crippen molar-refractivity contribution < 1.29 is 37.3 Å². The lowest BCUT2D eigenvalue weighted by atomic mass is 10.1. The highest BCUT2D eigenvalue weighted by atomic mass is 19.4. The normalized spacial score (nSPS) is 17.8. The van der Waals surface area contributed by atoms with Crippen LogP contribution in [0, 0.1) is 0 Å². The predicted octanol–water partition coefficient (Wildman–Crippen LogP) is 2.87. The van der Waals surface area contributed by atoms with Crippen molar-refractivity contribution in [1.82, 2.24) is 14.9 Å². The monoisotopic (exact) mass is 470 g/mol. The number of halogens is 3. The zero-order valence-electron chi connectivity index (χ0n) is 18.2. The Morgan fingerprint density at radius 1 is 1.27 bits per heavy atom. The van der Waals surface area contributed by atoms with Gasteiger partial charge in [0.25, 0.3) is 0 Å². The molecule has 1 aromatic heterocycles. The van der Waals surface area contributed by atoms with Crippen LogP contribution in [0.15, 0.2) is 30.5 Å². The van der Waals surface area contributed by atoms with Gasteiger partial charge >= 0.3 is 12.1 Å². The van der Waals surface area contributed by atoms with Crippen LogP contribution in [-0.2, 0) is 16.1 Å². The van der Waals surface area contributed by atoms with Crippen molar-refractivity contribution in [2.24, 2.45) is 0 Å². The van der Waals surface area contributed by atoms with Gasteiger partial charge in [-0.15, -0.1) is 0 Å². The van der Waals surface area contributed by atoms with E-state index >= 15 is 0 Å². The number of nitrogens with zero attached hydrogens (tertiary/aromatic N) is 4. The number of carboxylic acids is 1. The number of rotatable bonds is 5. The second-order valence-electron chi connectivity index (χ2n) is 7.34. The van der Waals surface area contributed by atoms with E-state index in [-0.39, 0.29) is 6.04 Å². The average Bonchev–Trinajstić information content (AvgIpc) is 3.27. The van der Waals surface area contributed by atoms with Crippen molar-refractivity contribution in [3.63, 3.8) is 0 Å². The fourth-order valence-electron chi connectivity index (χ4n) is 3.24. The maximum Gasteiger partial charge on any atom is 0.490 e. The first-order valence-corrected chi connectivity index (χ1v) is 10.2. The molecular formula is C21H25F3N4O5. The molecule has 0 radical (unpaired) electrons. The largest absolute Gasteiger partial charge is 0.490 e. The van der Waals surface area contributed by atoms with Gasteiger partial charge in [-0.3, -0.25) is 4.90 Å². The van der Waals surface area contributed by atoms with Gasteiger partial charge in [0, 0.05) is 32.9 Å². The Morgan fingerprint density at radius 2 is 2.00 bits per heavy atom. The van der Waals surface area contributed by atoms with Gasteiger partial charge in [-0.1, -0.05) is 6.07 Å². The maximum absolute atomic E-state index is 10.6. The molecule has 0 bridgehead atoms. The summed E-state index contributed by atoms with van der Waals surface area (Å²) >= 11 is 0. The lowest BCUT2D eigenvalue weighted by molar-refractivity contribution is -0.192. The van der Waals surface area contributed by atoms with Crippen molar-refractivity contribution in [1.29, 1.82) is 0 Å².